The first-order valence-electron chi connectivity index (χ1n) is 33.8. The molecule has 0 spiro atoms. The number of rotatable bonds is 62. The van der Waals surface area contributed by atoms with Crippen LogP contribution in [0.1, 0.15) is 355 Å². The van der Waals surface area contributed by atoms with Gasteiger partial charge in [-0.2, -0.15) is 0 Å². The van der Waals surface area contributed by atoms with Gasteiger partial charge in [0.1, 0.15) is 13.2 Å². The Balaban J connectivity index is 4.21. The minimum atomic E-state index is -0.785. The molecule has 448 valence electrons. The molecule has 0 rings (SSSR count). The van der Waals surface area contributed by atoms with Gasteiger partial charge in [-0.15, -0.1) is 0 Å². The van der Waals surface area contributed by atoms with Crippen LogP contribution in [0.15, 0.2) is 60.8 Å². The molecule has 0 saturated carbocycles. The molecule has 0 aliphatic heterocycles. The Morgan fingerprint density at radius 2 is 0.506 bits per heavy atom. The lowest BCUT2D eigenvalue weighted by atomic mass is 10.0. The summed E-state index contributed by atoms with van der Waals surface area (Å²) in [6.45, 7) is 6.55. The number of esters is 3. The molecule has 0 aromatic carbocycles. The second-order valence-electron chi connectivity index (χ2n) is 22.7. The number of unbranched alkanes of at least 4 members (excludes halogenated alkanes) is 41. The van der Waals surface area contributed by atoms with Gasteiger partial charge < -0.3 is 14.2 Å². The number of ether oxygens (including phenoxy) is 3. The van der Waals surface area contributed by atoms with E-state index in [0.717, 1.165) is 96.3 Å². The van der Waals surface area contributed by atoms with E-state index in [0.29, 0.717) is 19.3 Å². The molecule has 0 amide bonds. The Hall–Kier alpha value is -2.89. The summed E-state index contributed by atoms with van der Waals surface area (Å²) in [7, 11) is 0. The SMILES string of the molecule is CC/C=C\C/C=C\C/C=C\C/C=C\CCCCCCC(=O)OC(COC(=O)CCCCCCCCCCCCCCC)COC(=O)CCCCCCCCCCCCCCCCCCC/C=C\CCCCCCCCCC. The summed E-state index contributed by atoms with van der Waals surface area (Å²) in [4.78, 5) is 38.3. The van der Waals surface area contributed by atoms with Gasteiger partial charge in [-0.05, 0) is 83.5 Å². The summed E-state index contributed by atoms with van der Waals surface area (Å²) in [5.41, 5.74) is 0. The van der Waals surface area contributed by atoms with Gasteiger partial charge in [0.2, 0.25) is 0 Å². The molecule has 6 nitrogen and oxygen atoms in total. The molecule has 0 aliphatic carbocycles. The summed E-state index contributed by atoms with van der Waals surface area (Å²) in [5, 5.41) is 0. The summed E-state index contributed by atoms with van der Waals surface area (Å²) in [5.74, 6) is -0.884. The van der Waals surface area contributed by atoms with Gasteiger partial charge in [-0.25, -0.2) is 0 Å². The quantitative estimate of drug-likeness (QED) is 0.0261. The van der Waals surface area contributed by atoms with E-state index < -0.39 is 6.10 Å². The summed E-state index contributed by atoms with van der Waals surface area (Å²) < 4.78 is 16.9. The van der Waals surface area contributed by atoms with Crippen molar-refractivity contribution >= 4 is 17.9 Å². The first kappa shape index (κ1) is 74.1. The first-order chi connectivity index (χ1) is 38.0. The van der Waals surface area contributed by atoms with Crippen molar-refractivity contribution in [2.24, 2.45) is 0 Å². The van der Waals surface area contributed by atoms with Crippen LogP contribution in [0.2, 0.25) is 0 Å². The third-order valence-electron chi connectivity index (χ3n) is 15.0. The van der Waals surface area contributed by atoms with Crippen molar-refractivity contribution in [3.05, 3.63) is 60.8 Å². The molecule has 6 heteroatoms. The molecular weight excluding hydrogens is 949 g/mol. The number of hydrogen-bond acceptors (Lipinski definition) is 6. The molecule has 1 unspecified atom stereocenters. The van der Waals surface area contributed by atoms with Gasteiger partial charge in [0, 0.05) is 19.3 Å². The molecular formula is C71H128O6. The zero-order valence-electron chi connectivity index (χ0n) is 51.5. The van der Waals surface area contributed by atoms with Crippen molar-refractivity contribution in [3.8, 4) is 0 Å². The number of allylic oxidation sites excluding steroid dienone is 10. The van der Waals surface area contributed by atoms with Crippen molar-refractivity contribution in [1.29, 1.82) is 0 Å². The monoisotopic (exact) mass is 1080 g/mol. The largest absolute Gasteiger partial charge is 0.462 e. The maximum atomic E-state index is 12.9. The van der Waals surface area contributed by atoms with Gasteiger partial charge in [-0.1, -0.05) is 313 Å². The predicted octanol–water partition coefficient (Wildman–Crippen LogP) is 23.1. The standard InChI is InChI=1S/C71H128O6/c1-4-7-10-13-16-19-22-25-27-29-30-31-32-33-34-35-36-37-38-39-40-42-43-46-49-52-55-58-61-64-70(73)76-67-68(66-75-69(72)63-60-57-54-51-48-45-24-21-18-15-12-9-6-3)77-71(74)65-62-59-56-53-50-47-44-41-28-26-23-20-17-14-11-8-5-2/h8,11,17,20,26,28-30,44,47,68H,4-7,9-10,12-16,18-19,21-25,27,31-43,45-46,48-67H2,1-3H3/b11-8-,20-17-,28-26-,30-29-,47-44-. The third-order valence-corrected chi connectivity index (χ3v) is 15.0. The highest BCUT2D eigenvalue weighted by Crippen LogP contribution is 2.18. The zero-order chi connectivity index (χ0) is 55.7. The Bertz CT molecular complexity index is 1380. The van der Waals surface area contributed by atoms with Crippen LogP contribution in [0.3, 0.4) is 0 Å². The lowest BCUT2D eigenvalue weighted by Gasteiger charge is -2.18. The molecule has 0 radical (unpaired) electrons. The smallest absolute Gasteiger partial charge is 0.306 e. The van der Waals surface area contributed by atoms with Gasteiger partial charge in [0.05, 0.1) is 0 Å². The van der Waals surface area contributed by atoms with Gasteiger partial charge >= 0.3 is 17.9 Å². The third kappa shape index (κ3) is 63.8. The first-order valence-corrected chi connectivity index (χ1v) is 33.8. The normalized spacial score (nSPS) is 12.4. The van der Waals surface area contributed by atoms with Crippen LogP contribution in [0.4, 0.5) is 0 Å². The summed E-state index contributed by atoms with van der Waals surface area (Å²) in [6.07, 6.45) is 83.9. The van der Waals surface area contributed by atoms with Gasteiger partial charge in [-0.3, -0.25) is 14.4 Å². The van der Waals surface area contributed by atoms with Crippen LogP contribution in [0, 0.1) is 0 Å². The van der Waals surface area contributed by atoms with E-state index in [-0.39, 0.29) is 31.1 Å². The molecule has 0 bridgehead atoms. The molecule has 0 heterocycles. The lowest BCUT2D eigenvalue weighted by Crippen LogP contribution is -2.30. The van der Waals surface area contributed by atoms with Crippen LogP contribution < -0.4 is 0 Å². The van der Waals surface area contributed by atoms with Crippen LogP contribution in [-0.2, 0) is 28.6 Å². The maximum Gasteiger partial charge on any atom is 0.306 e. The summed E-state index contributed by atoms with van der Waals surface area (Å²) in [6, 6.07) is 0. The molecule has 1 atom stereocenters. The topological polar surface area (TPSA) is 78.9 Å². The minimum absolute atomic E-state index is 0.0801. The van der Waals surface area contributed by atoms with E-state index in [1.54, 1.807) is 0 Å². The van der Waals surface area contributed by atoms with Crippen molar-refractivity contribution in [1.82, 2.24) is 0 Å². The lowest BCUT2D eigenvalue weighted by molar-refractivity contribution is -0.167. The predicted molar refractivity (Wildman–Crippen MR) is 335 cm³/mol. The van der Waals surface area contributed by atoms with Crippen molar-refractivity contribution in [2.75, 3.05) is 13.2 Å². The highest BCUT2D eigenvalue weighted by Gasteiger charge is 2.19. The zero-order valence-corrected chi connectivity index (χ0v) is 51.5. The fourth-order valence-corrected chi connectivity index (χ4v) is 9.96. The number of hydrogen-bond donors (Lipinski definition) is 0. The number of carbonyl (C=O) groups excluding carboxylic acids is 3. The fourth-order valence-electron chi connectivity index (χ4n) is 9.96. The molecule has 0 aromatic rings. The average Bonchev–Trinajstić information content (AvgIpc) is 3.43. The Labute approximate surface area is 479 Å². The van der Waals surface area contributed by atoms with Crippen molar-refractivity contribution in [2.45, 2.75) is 361 Å². The Morgan fingerprint density at radius 3 is 0.805 bits per heavy atom. The minimum Gasteiger partial charge on any atom is -0.462 e. The van der Waals surface area contributed by atoms with E-state index >= 15 is 0 Å². The van der Waals surface area contributed by atoms with E-state index in [1.807, 2.05) is 0 Å². The van der Waals surface area contributed by atoms with Crippen LogP contribution in [-0.4, -0.2) is 37.2 Å². The molecule has 0 saturated heterocycles. The average molecular weight is 1080 g/mol. The van der Waals surface area contributed by atoms with E-state index in [2.05, 4.69) is 81.5 Å². The highest BCUT2D eigenvalue weighted by atomic mass is 16.6. The molecule has 0 aliphatic rings. The Morgan fingerprint density at radius 1 is 0.273 bits per heavy atom. The second-order valence-corrected chi connectivity index (χ2v) is 22.7. The second kappa shape index (κ2) is 65.6. The highest BCUT2D eigenvalue weighted by molar-refractivity contribution is 5.71. The molecule has 77 heavy (non-hydrogen) atoms. The van der Waals surface area contributed by atoms with Crippen LogP contribution >= 0.6 is 0 Å². The summed E-state index contributed by atoms with van der Waals surface area (Å²) >= 11 is 0. The number of carbonyl (C=O) groups is 3. The molecule has 0 fully saturated rings. The van der Waals surface area contributed by atoms with E-state index in [1.165, 1.54) is 218 Å². The van der Waals surface area contributed by atoms with Gasteiger partial charge in [0.25, 0.3) is 0 Å². The van der Waals surface area contributed by atoms with Crippen LogP contribution in [0.5, 0.6) is 0 Å². The fraction of sp³-hybridized carbons (Fsp3) is 0.817. The Kier molecular flexibility index (Phi) is 63.2. The maximum absolute atomic E-state index is 12.9. The molecule has 0 N–H and O–H groups in total. The van der Waals surface area contributed by atoms with E-state index in [9.17, 15) is 14.4 Å². The van der Waals surface area contributed by atoms with E-state index in [4.69, 9.17) is 14.2 Å². The van der Waals surface area contributed by atoms with Crippen molar-refractivity contribution < 1.29 is 28.6 Å². The van der Waals surface area contributed by atoms with Crippen LogP contribution in [0.25, 0.3) is 0 Å². The van der Waals surface area contributed by atoms with Crippen molar-refractivity contribution in [3.63, 3.8) is 0 Å². The molecule has 0 aromatic heterocycles. The van der Waals surface area contributed by atoms with Gasteiger partial charge in [0.15, 0.2) is 6.10 Å².